The molecule has 1 aliphatic rings. The normalized spacial score (nSPS) is 14.1. The van der Waals surface area contributed by atoms with Crippen molar-refractivity contribution < 1.29 is 4.79 Å². The molecule has 5 rings (SSSR count). The van der Waals surface area contributed by atoms with Crippen LogP contribution < -0.4 is 5.32 Å². The van der Waals surface area contributed by atoms with Gasteiger partial charge in [0.25, 0.3) is 0 Å². The molecule has 0 spiro atoms. The lowest BCUT2D eigenvalue weighted by molar-refractivity contribution is -0.128. The van der Waals surface area contributed by atoms with Gasteiger partial charge in [-0.3, -0.25) is 4.79 Å². The van der Waals surface area contributed by atoms with Gasteiger partial charge in [-0.15, -0.1) is 15.3 Å². The summed E-state index contributed by atoms with van der Waals surface area (Å²) in [6.07, 6.45) is 1.65. The summed E-state index contributed by atoms with van der Waals surface area (Å²) in [5.41, 5.74) is 4.05. The molecule has 0 bridgehead atoms. The maximum atomic E-state index is 11.8. The molecule has 29 heavy (non-hydrogen) atoms. The molecule has 1 N–H and O–H groups in total. The monoisotopic (exact) mass is 404 g/mol. The molecular weight excluding hydrogens is 384 g/mol. The molecule has 0 atom stereocenters. The quantitative estimate of drug-likeness (QED) is 0.532. The Kier molecular flexibility index (Phi) is 4.69. The molecular formula is C21H20N6OS. The number of benzene rings is 1. The highest BCUT2D eigenvalue weighted by molar-refractivity contribution is 7.08. The van der Waals surface area contributed by atoms with Gasteiger partial charge in [0.1, 0.15) is 5.82 Å². The predicted octanol–water partition coefficient (Wildman–Crippen LogP) is 3.59. The van der Waals surface area contributed by atoms with Gasteiger partial charge in [0.2, 0.25) is 5.91 Å². The summed E-state index contributed by atoms with van der Waals surface area (Å²) in [5.74, 6) is 1.76. The lowest BCUT2D eigenvalue weighted by Gasteiger charge is -2.15. The number of thiophene rings is 1. The third-order valence-corrected chi connectivity index (χ3v) is 5.77. The van der Waals surface area contributed by atoms with Crippen molar-refractivity contribution in [1.82, 2.24) is 24.7 Å². The molecule has 0 saturated carbocycles. The van der Waals surface area contributed by atoms with Gasteiger partial charge in [-0.25, -0.2) is 0 Å². The molecule has 1 aliphatic heterocycles. The second-order valence-corrected chi connectivity index (χ2v) is 7.89. The predicted molar refractivity (Wildman–Crippen MR) is 113 cm³/mol. The van der Waals surface area contributed by atoms with Gasteiger partial charge in [-0.05, 0) is 41.1 Å². The molecule has 4 aromatic rings. The van der Waals surface area contributed by atoms with Crippen LogP contribution in [-0.4, -0.2) is 37.2 Å². The van der Waals surface area contributed by atoms with Gasteiger partial charge >= 0.3 is 0 Å². The van der Waals surface area contributed by atoms with Crippen LogP contribution in [0.25, 0.3) is 17.0 Å². The van der Waals surface area contributed by atoms with E-state index in [1.807, 2.05) is 33.9 Å². The van der Waals surface area contributed by atoms with E-state index in [1.165, 1.54) is 0 Å². The van der Waals surface area contributed by atoms with Gasteiger partial charge < -0.3 is 10.2 Å². The lowest BCUT2D eigenvalue weighted by atomic mass is 10.1. The number of carbonyl (C=O) groups is 1. The number of nitrogens with zero attached hydrogens (tertiary/aromatic N) is 5. The molecule has 0 radical (unpaired) electrons. The molecule has 3 aromatic heterocycles. The minimum absolute atomic E-state index is 0.257. The summed E-state index contributed by atoms with van der Waals surface area (Å²) in [7, 11) is 0. The van der Waals surface area contributed by atoms with Crippen LogP contribution in [0.3, 0.4) is 0 Å². The number of amides is 1. The zero-order chi connectivity index (χ0) is 19.6. The van der Waals surface area contributed by atoms with Crippen LogP contribution in [0, 0.1) is 0 Å². The molecule has 0 unspecified atom stereocenters. The summed E-state index contributed by atoms with van der Waals surface area (Å²) < 4.78 is 1.76. The van der Waals surface area contributed by atoms with Crippen LogP contribution in [0.1, 0.15) is 24.0 Å². The fraction of sp³-hybridized carbons (Fsp3) is 0.238. The summed E-state index contributed by atoms with van der Waals surface area (Å²) in [6, 6.07) is 14.2. The molecule has 0 aliphatic carbocycles. The molecule has 1 amide bonds. The van der Waals surface area contributed by atoms with Crippen molar-refractivity contribution in [2.75, 3.05) is 11.9 Å². The number of likely N-dealkylation sites (tertiary alicyclic amines) is 1. The van der Waals surface area contributed by atoms with E-state index >= 15 is 0 Å². The van der Waals surface area contributed by atoms with E-state index < -0.39 is 0 Å². The molecule has 146 valence electrons. The summed E-state index contributed by atoms with van der Waals surface area (Å²) in [4.78, 5) is 13.7. The van der Waals surface area contributed by atoms with Crippen LogP contribution in [0.15, 0.2) is 53.2 Å². The summed E-state index contributed by atoms with van der Waals surface area (Å²) in [6.45, 7) is 2.23. The minimum Gasteiger partial charge on any atom is -0.365 e. The third-order valence-electron chi connectivity index (χ3n) is 5.08. The second-order valence-electron chi connectivity index (χ2n) is 7.11. The first kappa shape index (κ1) is 17.8. The fourth-order valence-corrected chi connectivity index (χ4v) is 4.14. The average molecular weight is 404 g/mol. The van der Waals surface area contributed by atoms with Gasteiger partial charge in [0, 0.05) is 37.0 Å². The number of hydrogen-bond acceptors (Lipinski definition) is 6. The van der Waals surface area contributed by atoms with E-state index in [-0.39, 0.29) is 5.91 Å². The molecule has 1 aromatic carbocycles. The molecule has 8 heteroatoms. The topological polar surface area (TPSA) is 75.4 Å². The lowest BCUT2D eigenvalue weighted by Crippen LogP contribution is -2.23. The Morgan fingerprint density at radius 1 is 1.03 bits per heavy atom. The number of anilines is 1. The number of aromatic nitrogens is 4. The highest BCUT2D eigenvalue weighted by Crippen LogP contribution is 2.21. The number of fused-ring (bicyclic) bond motifs is 1. The third kappa shape index (κ3) is 3.71. The van der Waals surface area contributed by atoms with Gasteiger partial charge in [0.15, 0.2) is 11.5 Å². The molecule has 1 fully saturated rings. The number of rotatable bonds is 6. The van der Waals surface area contributed by atoms with Crippen LogP contribution in [0.4, 0.5) is 5.82 Å². The summed E-state index contributed by atoms with van der Waals surface area (Å²) >= 11 is 1.62. The zero-order valence-electron chi connectivity index (χ0n) is 15.8. The van der Waals surface area contributed by atoms with Crippen molar-refractivity contribution in [2.45, 2.75) is 25.9 Å². The largest absolute Gasteiger partial charge is 0.365 e. The van der Waals surface area contributed by atoms with E-state index in [0.717, 1.165) is 46.9 Å². The van der Waals surface area contributed by atoms with Crippen molar-refractivity contribution in [2.24, 2.45) is 0 Å². The Bertz CT molecular complexity index is 1140. The first-order valence-corrected chi connectivity index (χ1v) is 10.5. The van der Waals surface area contributed by atoms with Crippen molar-refractivity contribution in [1.29, 1.82) is 0 Å². The first-order chi connectivity index (χ1) is 14.3. The van der Waals surface area contributed by atoms with E-state index in [2.05, 4.69) is 44.9 Å². The highest BCUT2D eigenvalue weighted by atomic mass is 32.1. The maximum absolute atomic E-state index is 11.8. The number of hydrogen-bond donors (Lipinski definition) is 1. The molecule has 1 saturated heterocycles. The maximum Gasteiger partial charge on any atom is 0.222 e. The van der Waals surface area contributed by atoms with Crippen LogP contribution in [0.2, 0.25) is 0 Å². The van der Waals surface area contributed by atoms with Crippen LogP contribution in [-0.2, 0) is 17.9 Å². The van der Waals surface area contributed by atoms with Crippen LogP contribution >= 0.6 is 11.3 Å². The SMILES string of the molecule is O=C1CCCN1Cc1ccc(CNc2ccc3nnc(-c4ccsc4)n3n2)cc1. The van der Waals surface area contributed by atoms with E-state index in [4.69, 9.17) is 0 Å². The Hall–Kier alpha value is -3.26. The average Bonchev–Trinajstić information content (AvgIpc) is 3.49. The molecule has 7 nitrogen and oxygen atoms in total. The molecule has 4 heterocycles. The Balaban J connectivity index is 1.27. The van der Waals surface area contributed by atoms with Crippen molar-refractivity contribution in [3.05, 3.63) is 64.4 Å². The Morgan fingerprint density at radius 3 is 2.66 bits per heavy atom. The van der Waals surface area contributed by atoms with Gasteiger partial charge in [-0.1, -0.05) is 24.3 Å². The fourth-order valence-electron chi connectivity index (χ4n) is 3.50. The first-order valence-electron chi connectivity index (χ1n) is 9.61. The standard InChI is InChI=1S/C21H20N6OS/c28-20-2-1-10-26(20)13-16-5-3-15(4-6-16)12-22-18-7-8-19-23-24-21(27(19)25-18)17-9-11-29-14-17/h3-9,11,14H,1-2,10,12-13H2,(H,22,25). The van der Waals surface area contributed by atoms with E-state index in [0.29, 0.717) is 19.5 Å². The van der Waals surface area contributed by atoms with Gasteiger partial charge in [0.05, 0.1) is 0 Å². The van der Waals surface area contributed by atoms with E-state index in [1.54, 1.807) is 15.9 Å². The van der Waals surface area contributed by atoms with Crippen molar-refractivity contribution in [3.63, 3.8) is 0 Å². The van der Waals surface area contributed by atoms with Crippen molar-refractivity contribution in [3.8, 4) is 11.4 Å². The Labute approximate surface area is 172 Å². The van der Waals surface area contributed by atoms with Gasteiger partial charge in [-0.2, -0.15) is 15.9 Å². The zero-order valence-corrected chi connectivity index (χ0v) is 16.6. The smallest absolute Gasteiger partial charge is 0.222 e. The second kappa shape index (κ2) is 7.63. The number of nitrogens with one attached hydrogen (secondary N) is 1. The Morgan fingerprint density at radius 2 is 1.90 bits per heavy atom. The number of carbonyl (C=O) groups excluding carboxylic acids is 1. The summed E-state index contributed by atoms with van der Waals surface area (Å²) in [5, 5.41) is 20.5. The van der Waals surface area contributed by atoms with E-state index in [9.17, 15) is 4.79 Å². The minimum atomic E-state index is 0.257. The highest BCUT2D eigenvalue weighted by Gasteiger charge is 2.19. The van der Waals surface area contributed by atoms with Crippen LogP contribution in [0.5, 0.6) is 0 Å². The van der Waals surface area contributed by atoms with Crippen molar-refractivity contribution >= 4 is 28.7 Å².